The highest BCUT2D eigenvalue weighted by Gasteiger charge is 1.93. The number of carboxylic acid groups (broad SMARTS) is 1. The molecule has 50 valence electrons. The molecule has 0 rings (SSSR count). The van der Waals surface area contributed by atoms with Crippen molar-refractivity contribution in [3.8, 4) is 0 Å². The molecule has 0 aromatic rings. The molecule has 0 unspecified atom stereocenters. The van der Waals surface area contributed by atoms with Crippen LogP contribution in [-0.2, 0) is 9.59 Å². The van der Waals surface area contributed by atoms with E-state index in [2.05, 4.69) is 6.58 Å². The van der Waals surface area contributed by atoms with Crippen molar-refractivity contribution in [2.24, 2.45) is 0 Å². The van der Waals surface area contributed by atoms with Crippen molar-refractivity contribution in [2.45, 2.75) is 12.8 Å². The smallest absolute Gasteiger partial charge is 0.155 e. The topological polar surface area (TPSA) is 57.2 Å². The van der Waals surface area contributed by atoms with Gasteiger partial charge in [-0.15, -0.1) is 0 Å². The lowest BCUT2D eigenvalue weighted by molar-refractivity contribution is -0.305. The summed E-state index contributed by atoms with van der Waals surface area (Å²) in [5.41, 5.74) is 0. The standard InChI is InChI=1S/C6H8O3/c1-2-5(7)3-4-6(8)9/h2H,1,3-4H2,(H,8,9)/p-1. The molecule has 3 heteroatoms. The molecule has 0 saturated carbocycles. The first-order valence-corrected chi connectivity index (χ1v) is 2.52. The number of hydrogen-bond acceptors (Lipinski definition) is 3. The number of hydrogen-bond donors (Lipinski definition) is 0. The molecule has 0 aliphatic rings. The van der Waals surface area contributed by atoms with Crippen molar-refractivity contribution in [3.63, 3.8) is 0 Å². The molecule has 0 N–H and O–H groups in total. The zero-order valence-corrected chi connectivity index (χ0v) is 4.92. The molecule has 0 amide bonds. The molecule has 0 fully saturated rings. The summed E-state index contributed by atoms with van der Waals surface area (Å²) in [5, 5.41) is 9.72. The summed E-state index contributed by atoms with van der Waals surface area (Å²) in [6.45, 7) is 3.18. The number of rotatable bonds is 4. The molecule has 0 bridgehead atoms. The summed E-state index contributed by atoms with van der Waals surface area (Å²) >= 11 is 0. The third kappa shape index (κ3) is 4.74. The highest BCUT2D eigenvalue weighted by Crippen LogP contribution is 1.88. The summed E-state index contributed by atoms with van der Waals surface area (Å²) < 4.78 is 0. The summed E-state index contributed by atoms with van der Waals surface area (Å²) in [4.78, 5) is 20.0. The largest absolute Gasteiger partial charge is 0.550 e. The van der Waals surface area contributed by atoms with Crippen molar-refractivity contribution in [2.75, 3.05) is 0 Å². The van der Waals surface area contributed by atoms with Crippen LogP contribution >= 0.6 is 0 Å². The molecule has 0 aromatic heterocycles. The van der Waals surface area contributed by atoms with Crippen LogP contribution < -0.4 is 5.11 Å². The van der Waals surface area contributed by atoms with Gasteiger partial charge in [-0.3, -0.25) is 4.79 Å². The van der Waals surface area contributed by atoms with E-state index in [0.29, 0.717) is 0 Å². The van der Waals surface area contributed by atoms with Gasteiger partial charge in [0.1, 0.15) is 0 Å². The van der Waals surface area contributed by atoms with Gasteiger partial charge in [0.25, 0.3) is 0 Å². The normalized spacial score (nSPS) is 8.44. The number of aliphatic carboxylic acids is 1. The Morgan fingerprint density at radius 2 is 2.00 bits per heavy atom. The lowest BCUT2D eigenvalue weighted by Gasteiger charge is -1.95. The van der Waals surface area contributed by atoms with Crippen LogP contribution in [0.1, 0.15) is 12.8 Å². The van der Waals surface area contributed by atoms with Crippen LogP contribution in [0.25, 0.3) is 0 Å². The molecular weight excluding hydrogens is 120 g/mol. The lowest BCUT2D eigenvalue weighted by atomic mass is 10.2. The van der Waals surface area contributed by atoms with Gasteiger partial charge in [-0.25, -0.2) is 0 Å². The Morgan fingerprint density at radius 1 is 1.44 bits per heavy atom. The maximum absolute atomic E-state index is 10.3. The molecule has 9 heavy (non-hydrogen) atoms. The van der Waals surface area contributed by atoms with Crippen molar-refractivity contribution in [1.82, 2.24) is 0 Å². The highest BCUT2D eigenvalue weighted by atomic mass is 16.4. The fourth-order valence-electron chi connectivity index (χ4n) is 0.327. The number of carbonyl (C=O) groups is 2. The van der Waals surface area contributed by atoms with Gasteiger partial charge in [-0.1, -0.05) is 6.58 Å². The van der Waals surface area contributed by atoms with Gasteiger partial charge in [0.05, 0.1) is 0 Å². The van der Waals surface area contributed by atoms with Crippen molar-refractivity contribution < 1.29 is 14.7 Å². The van der Waals surface area contributed by atoms with E-state index in [4.69, 9.17) is 0 Å². The van der Waals surface area contributed by atoms with Crippen LogP contribution in [0.15, 0.2) is 12.7 Å². The Kier molecular flexibility index (Phi) is 3.35. The van der Waals surface area contributed by atoms with Crippen LogP contribution in [0.2, 0.25) is 0 Å². The SMILES string of the molecule is C=CC(=O)CCC(=O)[O-]. The van der Waals surface area contributed by atoms with E-state index in [1.54, 1.807) is 0 Å². The van der Waals surface area contributed by atoms with E-state index >= 15 is 0 Å². The quantitative estimate of drug-likeness (QED) is 0.468. The maximum Gasteiger partial charge on any atom is 0.155 e. The minimum Gasteiger partial charge on any atom is -0.550 e. The second-order valence-corrected chi connectivity index (χ2v) is 1.54. The van der Waals surface area contributed by atoms with E-state index in [1.165, 1.54) is 0 Å². The first-order chi connectivity index (χ1) is 4.16. The van der Waals surface area contributed by atoms with Gasteiger partial charge in [0, 0.05) is 12.4 Å². The molecule has 0 heterocycles. The Morgan fingerprint density at radius 3 is 2.33 bits per heavy atom. The van der Waals surface area contributed by atoms with E-state index in [9.17, 15) is 14.7 Å². The molecule has 0 saturated heterocycles. The molecule has 0 aliphatic heterocycles. The molecule has 3 nitrogen and oxygen atoms in total. The Hall–Kier alpha value is -1.12. The minimum atomic E-state index is -1.20. The van der Waals surface area contributed by atoms with Gasteiger partial charge < -0.3 is 9.90 Å². The molecule has 0 aliphatic carbocycles. The number of ketones is 1. The monoisotopic (exact) mass is 127 g/mol. The van der Waals surface area contributed by atoms with E-state index in [-0.39, 0.29) is 18.6 Å². The van der Waals surface area contributed by atoms with Crippen LogP contribution in [0, 0.1) is 0 Å². The summed E-state index contributed by atoms with van der Waals surface area (Å²) in [5.74, 6) is -1.47. The second kappa shape index (κ2) is 3.83. The first kappa shape index (κ1) is 7.88. The molecule has 0 radical (unpaired) electrons. The first-order valence-electron chi connectivity index (χ1n) is 2.52. The average molecular weight is 127 g/mol. The summed E-state index contributed by atoms with van der Waals surface area (Å²) in [7, 11) is 0. The van der Waals surface area contributed by atoms with Crippen molar-refractivity contribution in [1.29, 1.82) is 0 Å². The average Bonchev–Trinajstić information content (AvgIpc) is 1.83. The molecular formula is C6H7O3-. The van der Waals surface area contributed by atoms with Gasteiger partial charge in [-0.2, -0.15) is 0 Å². The number of carboxylic acids is 1. The Bertz CT molecular complexity index is 137. The zero-order valence-electron chi connectivity index (χ0n) is 4.92. The Balaban J connectivity index is 3.39. The second-order valence-electron chi connectivity index (χ2n) is 1.54. The molecule has 0 atom stereocenters. The third-order valence-electron chi connectivity index (χ3n) is 0.803. The predicted molar refractivity (Wildman–Crippen MR) is 29.4 cm³/mol. The summed E-state index contributed by atoms with van der Waals surface area (Å²) in [6.07, 6.45) is 0.875. The highest BCUT2D eigenvalue weighted by molar-refractivity contribution is 5.90. The van der Waals surface area contributed by atoms with Gasteiger partial charge >= 0.3 is 0 Å². The van der Waals surface area contributed by atoms with E-state index in [0.717, 1.165) is 6.08 Å². The molecule has 0 aromatic carbocycles. The minimum absolute atomic E-state index is 0.00810. The van der Waals surface area contributed by atoms with Crippen molar-refractivity contribution in [3.05, 3.63) is 12.7 Å². The van der Waals surface area contributed by atoms with Crippen LogP contribution in [0.4, 0.5) is 0 Å². The Labute approximate surface area is 53.0 Å². The van der Waals surface area contributed by atoms with Crippen LogP contribution in [0.5, 0.6) is 0 Å². The van der Waals surface area contributed by atoms with Gasteiger partial charge in [0.15, 0.2) is 5.78 Å². The van der Waals surface area contributed by atoms with E-state index in [1.807, 2.05) is 0 Å². The fourth-order valence-corrected chi connectivity index (χ4v) is 0.327. The zero-order chi connectivity index (χ0) is 7.28. The maximum atomic E-state index is 10.3. The van der Waals surface area contributed by atoms with Crippen molar-refractivity contribution >= 4 is 11.8 Å². The number of carbonyl (C=O) groups excluding carboxylic acids is 2. The lowest BCUT2D eigenvalue weighted by Crippen LogP contribution is -2.22. The molecule has 0 spiro atoms. The third-order valence-corrected chi connectivity index (χ3v) is 0.803. The van der Waals surface area contributed by atoms with Gasteiger partial charge in [-0.05, 0) is 12.5 Å². The van der Waals surface area contributed by atoms with E-state index < -0.39 is 5.97 Å². The number of allylic oxidation sites excluding steroid dienone is 1. The van der Waals surface area contributed by atoms with Crippen LogP contribution in [0.3, 0.4) is 0 Å². The predicted octanol–water partition coefficient (Wildman–Crippen LogP) is -0.728. The van der Waals surface area contributed by atoms with Crippen LogP contribution in [-0.4, -0.2) is 11.8 Å². The fraction of sp³-hybridized carbons (Fsp3) is 0.333. The van der Waals surface area contributed by atoms with Gasteiger partial charge in [0.2, 0.25) is 0 Å². The summed E-state index contributed by atoms with van der Waals surface area (Å²) in [6, 6.07) is 0.